The maximum Gasteiger partial charge on any atom is 0.355 e. The second-order valence-corrected chi connectivity index (χ2v) is 6.63. The molecule has 1 amide bonds. The van der Waals surface area contributed by atoms with Gasteiger partial charge < -0.3 is 10.1 Å². The van der Waals surface area contributed by atoms with Crippen molar-refractivity contribution in [3.8, 4) is 0 Å². The predicted octanol–water partition coefficient (Wildman–Crippen LogP) is 4.01. The molecular weight excluding hydrogens is 417 g/mol. The summed E-state index contributed by atoms with van der Waals surface area (Å²) in [4.78, 5) is 24.7. The first kappa shape index (κ1) is 18.2. The summed E-state index contributed by atoms with van der Waals surface area (Å²) in [6.45, 7) is 3.53. The molecule has 0 fully saturated rings. The molecule has 2 aromatic carbocycles. The summed E-state index contributed by atoms with van der Waals surface area (Å²) in [5, 5.41) is 2.65. The van der Waals surface area contributed by atoms with E-state index in [0.717, 1.165) is 9.13 Å². The van der Waals surface area contributed by atoms with Gasteiger partial charge in [0.15, 0.2) is 0 Å². The number of hydrogen-bond acceptors (Lipinski definition) is 3. The summed E-state index contributed by atoms with van der Waals surface area (Å²) in [5.74, 6) is -0.915. The molecule has 0 saturated heterocycles. The van der Waals surface area contributed by atoms with Crippen molar-refractivity contribution >= 4 is 40.5 Å². The molecule has 0 aliphatic rings. The van der Waals surface area contributed by atoms with Gasteiger partial charge in [-0.05, 0) is 72.3 Å². The smallest absolute Gasteiger partial charge is 0.355 e. The normalized spacial score (nSPS) is 11.2. The Balaban J connectivity index is 2.25. The van der Waals surface area contributed by atoms with Crippen molar-refractivity contribution < 1.29 is 14.3 Å². The minimum absolute atomic E-state index is 0.110. The Bertz CT molecular complexity index is 737. The summed E-state index contributed by atoms with van der Waals surface area (Å²) in [5.41, 5.74) is 1.39. The standard InChI is InChI=1S/C19H18INO3/c1-13(2)24-19(23)17(12-14-6-4-3-5-7-14)21-18(22)15-8-10-16(20)11-9-15/h3-13H,1-2H3,(H,21,22)/b17-12-. The highest BCUT2D eigenvalue weighted by atomic mass is 127. The number of halogens is 1. The lowest BCUT2D eigenvalue weighted by Gasteiger charge is -2.12. The third-order valence-corrected chi connectivity index (χ3v) is 3.75. The van der Waals surface area contributed by atoms with E-state index in [-0.39, 0.29) is 17.7 Å². The molecule has 0 unspecified atom stereocenters. The number of esters is 1. The minimum atomic E-state index is -0.562. The SMILES string of the molecule is CC(C)OC(=O)/C(=C/c1ccccc1)NC(=O)c1ccc(I)cc1. The van der Waals surface area contributed by atoms with Gasteiger partial charge in [-0.3, -0.25) is 4.79 Å². The predicted molar refractivity (Wildman–Crippen MR) is 102 cm³/mol. The molecule has 124 valence electrons. The van der Waals surface area contributed by atoms with Crippen LogP contribution in [-0.2, 0) is 9.53 Å². The van der Waals surface area contributed by atoms with Crippen molar-refractivity contribution in [2.24, 2.45) is 0 Å². The summed E-state index contributed by atoms with van der Waals surface area (Å²) >= 11 is 2.17. The van der Waals surface area contributed by atoms with Crippen LogP contribution in [0.4, 0.5) is 0 Å². The summed E-state index contributed by atoms with van der Waals surface area (Å²) in [7, 11) is 0. The molecule has 0 aliphatic heterocycles. The van der Waals surface area contributed by atoms with E-state index in [1.54, 1.807) is 32.1 Å². The Morgan fingerprint density at radius 3 is 2.25 bits per heavy atom. The number of rotatable bonds is 5. The molecule has 0 atom stereocenters. The maximum atomic E-state index is 12.4. The zero-order valence-electron chi connectivity index (χ0n) is 13.5. The zero-order valence-corrected chi connectivity index (χ0v) is 15.6. The first-order chi connectivity index (χ1) is 11.5. The van der Waals surface area contributed by atoms with Crippen molar-refractivity contribution in [2.75, 3.05) is 0 Å². The van der Waals surface area contributed by atoms with Crippen LogP contribution in [0.1, 0.15) is 29.8 Å². The van der Waals surface area contributed by atoms with Gasteiger partial charge in [-0.25, -0.2) is 4.79 Å². The van der Waals surface area contributed by atoms with Crippen molar-refractivity contribution in [3.05, 3.63) is 75.0 Å². The van der Waals surface area contributed by atoms with Gasteiger partial charge in [0.1, 0.15) is 5.70 Å². The largest absolute Gasteiger partial charge is 0.458 e. The molecule has 0 radical (unpaired) electrons. The van der Waals surface area contributed by atoms with Crippen LogP contribution in [0.25, 0.3) is 6.08 Å². The molecule has 24 heavy (non-hydrogen) atoms. The van der Waals surface area contributed by atoms with Gasteiger partial charge in [-0.15, -0.1) is 0 Å². The molecule has 0 heterocycles. The van der Waals surface area contributed by atoms with Gasteiger partial charge in [0.05, 0.1) is 6.10 Å². The van der Waals surface area contributed by atoms with E-state index in [4.69, 9.17) is 4.74 Å². The Labute approximate surface area is 155 Å². The van der Waals surface area contributed by atoms with Crippen molar-refractivity contribution in [3.63, 3.8) is 0 Å². The summed E-state index contributed by atoms with van der Waals surface area (Å²) in [6.07, 6.45) is 1.34. The highest BCUT2D eigenvalue weighted by molar-refractivity contribution is 14.1. The molecule has 0 saturated carbocycles. The lowest BCUT2D eigenvalue weighted by Crippen LogP contribution is -2.29. The zero-order chi connectivity index (χ0) is 17.5. The fourth-order valence-electron chi connectivity index (χ4n) is 1.94. The van der Waals surface area contributed by atoms with Crippen molar-refractivity contribution in [2.45, 2.75) is 20.0 Å². The summed E-state index contributed by atoms with van der Waals surface area (Å²) in [6, 6.07) is 16.4. The fraction of sp³-hybridized carbons (Fsp3) is 0.158. The van der Waals surface area contributed by atoms with Crippen LogP contribution in [-0.4, -0.2) is 18.0 Å². The first-order valence-corrected chi connectivity index (χ1v) is 8.58. The van der Waals surface area contributed by atoms with Crippen molar-refractivity contribution in [1.29, 1.82) is 0 Å². The molecule has 5 heteroatoms. The number of benzene rings is 2. The second kappa shape index (κ2) is 8.63. The number of amides is 1. The molecule has 0 spiro atoms. The maximum absolute atomic E-state index is 12.4. The highest BCUT2D eigenvalue weighted by Gasteiger charge is 2.17. The van der Waals surface area contributed by atoms with E-state index in [1.807, 2.05) is 42.5 Å². The van der Waals surface area contributed by atoms with E-state index >= 15 is 0 Å². The first-order valence-electron chi connectivity index (χ1n) is 7.50. The third-order valence-electron chi connectivity index (χ3n) is 3.03. The van der Waals surface area contributed by atoms with Gasteiger partial charge in [-0.1, -0.05) is 30.3 Å². The monoisotopic (exact) mass is 435 g/mol. The number of hydrogen-bond donors (Lipinski definition) is 1. The number of ether oxygens (including phenoxy) is 1. The van der Waals surface area contributed by atoms with Crippen LogP contribution in [0, 0.1) is 3.57 Å². The molecule has 2 aromatic rings. The van der Waals surface area contributed by atoms with Gasteiger partial charge >= 0.3 is 5.97 Å². The highest BCUT2D eigenvalue weighted by Crippen LogP contribution is 2.10. The fourth-order valence-corrected chi connectivity index (χ4v) is 2.29. The molecule has 1 N–H and O–H groups in total. The van der Waals surface area contributed by atoms with Crippen LogP contribution in [0.15, 0.2) is 60.3 Å². The molecule has 2 rings (SSSR count). The second-order valence-electron chi connectivity index (χ2n) is 5.38. The van der Waals surface area contributed by atoms with Crippen LogP contribution in [0.3, 0.4) is 0 Å². The molecular formula is C19H18INO3. The van der Waals surface area contributed by atoms with Crippen LogP contribution in [0.5, 0.6) is 0 Å². The van der Waals surface area contributed by atoms with Crippen LogP contribution >= 0.6 is 22.6 Å². The number of carbonyl (C=O) groups is 2. The molecule has 0 bridgehead atoms. The lowest BCUT2D eigenvalue weighted by molar-refractivity contribution is -0.142. The van der Waals surface area contributed by atoms with Gasteiger partial charge in [-0.2, -0.15) is 0 Å². The van der Waals surface area contributed by atoms with E-state index in [9.17, 15) is 9.59 Å². The van der Waals surface area contributed by atoms with Gasteiger partial charge in [0.25, 0.3) is 5.91 Å². The quantitative estimate of drug-likeness (QED) is 0.439. The Morgan fingerprint density at radius 2 is 1.67 bits per heavy atom. The topological polar surface area (TPSA) is 55.4 Å². The van der Waals surface area contributed by atoms with Gasteiger partial charge in [0.2, 0.25) is 0 Å². The molecule has 4 nitrogen and oxygen atoms in total. The van der Waals surface area contributed by atoms with Crippen molar-refractivity contribution in [1.82, 2.24) is 5.32 Å². The van der Waals surface area contributed by atoms with E-state index < -0.39 is 5.97 Å². The molecule has 0 aliphatic carbocycles. The number of carbonyl (C=O) groups excluding carboxylic acids is 2. The van der Waals surface area contributed by atoms with Crippen LogP contribution in [0.2, 0.25) is 0 Å². The van der Waals surface area contributed by atoms with E-state index in [1.165, 1.54) is 0 Å². The number of nitrogens with one attached hydrogen (secondary N) is 1. The Hall–Kier alpha value is -2.15. The summed E-state index contributed by atoms with van der Waals surface area (Å²) < 4.78 is 6.25. The molecule has 0 aromatic heterocycles. The van der Waals surface area contributed by atoms with E-state index in [2.05, 4.69) is 27.9 Å². The minimum Gasteiger partial charge on any atom is -0.458 e. The Kier molecular flexibility index (Phi) is 6.54. The average molecular weight is 435 g/mol. The lowest BCUT2D eigenvalue weighted by atomic mass is 10.1. The van der Waals surface area contributed by atoms with Gasteiger partial charge in [0, 0.05) is 9.13 Å². The van der Waals surface area contributed by atoms with Crippen LogP contribution < -0.4 is 5.32 Å². The Morgan fingerprint density at radius 1 is 1.04 bits per heavy atom. The van der Waals surface area contributed by atoms with E-state index in [0.29, 0.717) is 5.56 Å². The third kappa shape index (κ3) is 5.49. The average Bonchev–Trinajstić information content (AvgIpc) is 2.55.